The van der Waals surface area contributed by atoms with Crippen LogP contribution < -0.4 is 5.32 Å². The van der Waals surface area contributed by atoms with Crippen molar-refractivity contribution in [3.8, 4) is 0 Å². The van der Waals surface area contributed by atoms with Crippen molar-refractivity contribution in [2.75, 3.05) is 6.00 Å². The molecule has 14 heavy (non-hydrogen) atoms. The van der Waals surface area contributed by atoms with E-state index in [1.54, 1.807) is 0 Å². The van der Waals surface area contributed by atoms with Gasteiger partial charge < -0.3 is 4.57 Å². The molecule has 2 rings (SSSR count). The van der Waals surface area contributed by atoms with Gasteiger partial charge in [-0.25, -0.2) is 4.98 Å². The van der Waals surface area contributed by atoms with Gasteiger partial charge in [-0.15, -0.1) is 11.6 Å². The molecule has 1 N–H and O–H groups in total. The van der Waals surface area contributed by atoms with Gasteiger partial charge in [-0.3, -0.25) is 5.32 Å². The molecule has 1 aromatic heterocycles. The molecule has 0 aliphatic carbocycles. The highest BCUT2D eigenvalue weighted by Gasteiger charge is 2.00. The van der Waals surface area contributed by atoms with Crippen LogP contribution in [0.1, 0.15) is 5.56 Å². The summed E-state index contributed by atoms with van der Waals surface area (Å²) in [6.45, 7) is 0.788. The third kappa shape index (κ3) is 1.74. The minimum Gasteiger partial charge on any atom is -0.334 e. The Morgan fingerprint density at radius 1 is 1.50 bits per heavy atom. The standard InChI is InChI=1S/C10H12ClN3/c1-14-7-13-9-4-8(5-12-6-11)2-3-10(9)14/h2-4,7,12H,5-6H2,1H3. The van der Waals surface area contributed by atoms with Crippen molar-refractivity contribution in [3.63, 3.8) is 0 Å². The molecular formula is C10H12ClN3. The van der Waals surface area contributed by atoms with Crippen LogP contribution in [0.15, 0.2) is 24.5 Å². The highest BCUT2D eigenvalue weighted by molar-refractivity contribution is 6.17. The third-order valence-corrected chi connectivity index (χ3v) is 2.40. The van der Waals surface area contributed by atoms with Crippen LogP contribution in [0.4, 0.5) is 0 Å². The Hall–Kier alpha value is -1.06. The van der Waals surface area contributed by atoms with Crippen LogP contribution in [0.3, 0.4) is 0 Å². The zero-order valence-electron chi connectivity index (χ0n) is 8.00. The second-order valence-electron chi connectivity index (χ2n) is 3.24. The van der Waals surface area contributed by atoms with Crippen LogP contribution in [-0.2, 0) is 13.6 Å². The number of hydrogen-bond donors (Lipinski definition) is 1. The fraction of sp³-hybridized carbons (Fsp3) is 0.300. The van der Waals surface area contributed by atoms with Crippen LogP contribution in [0.5, 0.6) is 0 Å². The van der Waals surface area contributed by atoms with Crippen molar-refractivity contribution in [1.82, 2.24) is 14.9 Å². The Balaban J connectivity index is 2.32. The molecule has 0 fully saturated rings. The van der Waals surface area contributed by atoms with E-state index in [0.29, 0.717) is 6.00 Å². The monoisotopic (exact) mass is 209 g/mol. The summed E-state index contributed by atoms with van der Waals surface area (Å²) in [4.78, 5) is 4.29. The van der Waals surface area contributed by atoms with E-state index in [2.05, 4.69) is 28.5 Å². The fourth-order valence-electron chi connectivity index (χ4n) is 1.48. The molecule has 0 bridgehead atoms. The summed E-state index contributed by atoms with van der Waals surface area (Å²) in [6, 6.07) is 6.71. The first-order valence-corrected chi connectivity index (χ1v) is 5.01. The van der Waals surface area contributed by atoms with Crippen molar-refractivity contribution in [2.45, 2.75) is 6.54 Å². The molecule has 74 valence electrons. The Labute approximate surface area is 87.7 Å². The molecule has 0 spiro atoms. The first kappa shape index (κ1) is 9.49. The Morgan fingerprint density at radius 2 is 2.36 bits per heavy atom. The minimum absolute atomic E-state index is 0.472. The number of imidazole rings is 1. The van der Waals surface area contributed by atoms with Crippen molar-refractivity contribution in [2.24, 2.45) is 7.05 Å². The molecule has 0 aliphatic heterocycles. The smallest absolute Gasteiger partial charge is 0.0955 e. The topological polar surface area (TPSA) is 29.9 Å². The van der Waals surface area contributed by atoms with Crippen molar-refractivity contribution in [1.29, 1.82) is 0 Å². The van der Waals surface area contributed by atoms with E-state index in [1.165, 1.54) is 5.56 Å². The molecule has 3 nitrogen and oxygen atoms in total. The van der Waals surface area contributed by atoms with Gasteiger partial charge in [-0.05, 0) is 17.7 Å². The van der Waals surface area contributed by atoms with Crippen molar-refractivity contribution in [3.05, 3.63) is 30.1 Å². The number of alkyl halides is 1. The molecule has 0 amide bonds. The average Bonchev–Trinajstić information content (AvgIpc) is 2.57. The highest BCUT2D eigenvalue weighted by Crippen LogP contribution is 2.13. The van der Waals surface area contributed by atoms with Gasteiger partial charge in [0.2, 0.25) is 0 Å². The molecular weight excluding hydrogens is 198 g/mol. The molecule has 0 saturated carbocycles. The second kappa shape index (κ2) is 3.98. The largest absolute Gasteiger partial charge is 0.334 e. The maximum Gasteiger partial charge on any atom is 0.0955 e. The molecule has 1 aromatic carbocycles. The fourth-order valence-corrected chi connectivity index (χ4v) is 1.58. The minimum atomic E-state index is 0.472. The Bertz CT molecular complexity index is 436. The lowest BCUT2D eigenvalue weighted by Crippen LogP contribution is -2.09. The van der Waals surface area contributed by atoms with E-state index in [9.17, 15) is 0 Å². The van der Waals surface area contributed by atoms with Gasteiger partial charge in [-0.2, -0.15) is 0 Å². The van der Waals surface area contributed by atoms with E-state index >= 15 is 0 Å². The van der Waals surface area contributed by atoms with Gasteiger partial charge in [-0.1, -0.05) is 6.07 Å². The van der Waals surface area contributed by atoms with Gasteiger partial charge in [0, 0.05) is 13.6 Å². The lowest BCUT2D eigenvalue weighted by Gasteiger charge is -2.01. The molecule has 0 aliphatic rings. The molecule has 4 heteroatoms. The van der Waals surface area contributed by atoms with Crippen molar-refractivity contribution >= 4 is 22.6 Å². The molecule has 0 saturated heterocycles. The predicted molar refractivity (Wildman–Crippen MR) is 58.3 cm³/mol. The van der Waals surface area contributed by atoms with Crippen LogP contribution >= 0.6 is 11.6 Å². The number of halogens is 1. The number of rotatable bonds is 3. The number of benzene rings is 1. The van der Waals surface area contributed by atoms with Gasteiger partial charge in [0.15, 0.2) is 0 Å². The lowest BCUT2D eigenvalue weighted by atomic mass is 10.2. The second-order valence-corrected chi connectivity index (χ2v) is 3.51. The van der Waals surface area contributed by atoms with Gasteiger partial charge in [0.1, 0.15) is 0 Å². The zero-order chi connectivity index (χ0) is 9.97. The first-order valence-electron chi connectivity index (χ1n) is 4.48. The van der Waals surface area contributed by atoms with E-state index in [4.69, 9.17) is 11.6 Å². The van der Waals surface area contributed by atoms with E-state index in [0.717, 1.165) is 17.6 Å². The lowest BCUT2D eigenvalue weighted by molar-refractivity contribution is 0.792. The van der Waals surface area contributed by atoms with Crippen LogP contribution in [0.2, 0.25) is 0 Å². The van der Waals surface area contributed by atoms with Gasteiger partial charge in [0.05, 0.1) is 23.4 Å². The summed E-state index contributed by atoms with van der Waals surface area (Å²) in [7, 11) is 1.99. The summed E-state index contributed by atoms with van der Waals surface area (Å²) < 4.78 is 2.01. The molecule has 0 radical (unpaired) electrons. The summed E-state index contributed by atoms with van der Waals surface area (Å²) in [5.41, 5.74) is 3.39. The maximum absolute atomic E-state index is 5.54. The summed E-state index contributed by atoms with van der Waals surface area (Å²) in [6.07, 6.45) is 1.82. The number of aromatic nitrogens is 2. The average molecular weight is 210 g/mol. The van der Waals surface area contributed by atoms with E-state index < -0.39 is 0 Å². The summed E-state index contributed by atoms with van der Waals surface area (Å²) >= 11 is 5.54. The molecule has 0 unspecified atom stereocenters. The number of hydrogen-bond acceptors (Lipinski definition) is 2. The summed E-state index contributed by atoms with van der Waals surface area (Å²) in [5, 5.41) is 3.07. The zero-order valence-corrected chi connectivity index (χ0v) is 8.75. The maximum atomic E-state index is 5.54. The van der Waals surface area contributed by atoms with Crippen LogP contribution in [0.25, 0.3) is 11.0 Å². The predicted octanol–water partition coefficient (Wildman–Crippen LogP) is 1.86. The van der Waals surface area contributed by atoms with Crippen LogP contribution in [0, 0.1) is 0 Å². The Morgan fingerprint density at radius 3 is 3.14 bits per heavy atom. The Kier molecular flexibility index (Phi) is 2.70. The van der Waals surface area contributed by atoms with Crippen LogP contribution in [-0.4, -0.2) is 15.6 Å². The normalized spacial score (nSPS) is 11.0. The first-order chi connectivity index (χ1) is 6.81. The molecule has 1 heterocycles. The highest BCUT2D eigenvalue weighted by atomic mass is 35.5. The van der Waals surface area contributed by atoms with E-state index in [-0.39, 0.29) is 0 Å². The quantitative estimate of drug-likeness (QED) is 0.618. The SMILES string of the molecule is Cn1cnc2cc(CNCCl)ccc21. The number of fused-ring (bicyclic) bond motifs is 1. The van der Waals surface area contributed by atoms with E-state index in [1.807, 2.05) is 17.9 Å². The number of nitrogens with one attached hydrogen (secondary N) is 1. The number of aryl methyl sites for hydroxylation is 1. The third-order valence-electron chi connectivity index (χ3n) is 2.21. The van der Waals surface area contributed by atoms with Gasteiger partial charge >= 0.3 is 0 Å². The molecule has 2 aromatic rings. The molecule has 0 atom stereocenters. The van der Waals surface area contributed by atoms with Crippen molar-refractivity contribution < 1.29 is 0 Å². The van der Waals surface area contributed by atoms with Gasteiger partial charge in [0.25, 0.3) is 0 Å². The number of nitrogens with zero attached hydrogens (tertiary/aromatic N) is 2. The summed E-state index contributed by atoms with van der Waals surface area (Å²) in [5.74, 6) is 0.